The summed E-state index contributed by atoms with van der Waals surface area (Å²) in [5.74, 6) is 0.0268. The van der Waals surface area contributed by atoms with Crippen molar-refractivity contribution in [1.82, 2.24) is 15.2 Å². The number of methoxy groups -OCH3 is 1. The van der Waals surface area contributed by atoms with Crippen molar-refractivity contribution >= 4 is 22.5 Å². The molecule has 2 amide bonds. The number of alkyl halides is 3. The fraction of sp³-hybridized carbons (Fsp3) is 0.667. The Bertz CT molecular complexity index is 509. The van der Waals surface area contributed by atoms with E-state index in [0.717, 1.165) is 0 Å². The number of carbonyl (C=O) groups excluding carboxylic acids is 1. The molecule has 0 spiro atoms. The molecule has 0 bridgehead atoms. The van der Waals surface area contributed by atoms with E-state index < -0.39 is 18.8 Å². The number of hydrogen-bond donors (Lipinski definition) is 2. The SMILES string of the molecule is COc1cnc(NC(=O)NCC2CCN(CC(F)(F)F)C2)s1. The molecular weight excluding hydrogens is 321 g/mol. The first kappa shape index (κ1) is 16.8. The van der Waals surface area contributed by atoms with Crippen LogP contribution in [-0.2, 0) is 0 Å². The number of thiazole rings is 1. The maximum atomic E-state index is 12.3. The number of halogens is 3. The zero-order valence-electron chi connectivity index (χ0n) is 11.9. The zero-order chi connectivity index (χ0) is 16.2. The van der Waals surface area contributed by atoms with Gasteiger partial charge in [0.15, 0.2) is 10.2 Å². The normalized spacial score (nSPS) is 19.2. The average Bonchev–Trinajstić information content (AvgIpc) is 3.04. The third-order valence-corrected chi connectivity index (χ3v) is 4.10. The summed E-state index contributed by atoms with van der Waals surface area (Å²) < 4.78 is 41.8. The lowest BCUT2D eigenvalue weighted by molar-refractivity contribution is -0.143. The number of nitrogens with one attached hydrogen (secondary N) is 2. The zero-order valence-corrected chi connectivity index (χ0v) is 12.8. The van der Waals surface area contributed by atoms with Gasteiger partial charge in [-0.15, -0.1) is 0 Å². The quantitative estimate of drug-likeness (QED) is 0.863. The Labute approximate surface area is 129 Å². The first-order chi connectivity index (χ1) is 10.4. The van der Waals surface area contributed by atoms with Crippen LogP contribution in [0.1, 0.15) is 6.42 Å². The van der Waals surface area contributed by atoms with Crippen LogP contribution in [0.25, 0.3) is 0 Å². The second-order valence-electron chi connectivity index (χ2n) is 5.03. The molecule has 22 heavy (non-hydrogen) atoms. The van der Waals surface area contributed by atoms with Gasteiger partial charge in [-0.2, -0.15) is 13.2 Å². The molecule has 0 saturated carbocycles. The number of rotatable bonds is 5. The Morgan fingerprint density at radius 1 is 1.59 bits per heavy atom. The Morgan fingerprint density at radius 3 is 3.00 bits per heavy atom. The summed E-state index contributed by atoms with van der Waals surface area (Å²) in [5, 5.41) is 6.19. The third kappa shape index (κ3) is 5.34. The van der Waals surface area contributed by atoms with E-state index >= 15 is 0 Å². The second kappa shape index (κ2) is 7.14. The van der Waals surface area contributed by atoms with Crippen LogP contribution in [0.15, 0.2) is 6.20 Å². The van der Waals surface area contributed by atoms with Crippen molar-refractivity contribution < 1.29 is 22.7 Å². The maximum Gasteiger partial charge on any atom is 0.401 e. The van der Waals surface area contributed by atoms with E-state index in [1.165, 1.54) is 29.5 Å². The number of anilines is 1. The Morgan fingerprint density at radius 2 is 2.36 bits per heavy atom. The molecule has 1 fully saturated rings. The molecule has 0 radical (unpaired) electrons. The lowest BCUT2D eigenvalue weighted by Crippen LogP contribution is -2.36. The van der Waals surface area contributed by atoms with Crippen molar-refractivity contribution in [3.63, 3.8) is 0 Å². The van der Waals surface area contributed by atoms with Gasteiger partial charge in [0.2, 0.25) is 0 Å². The van der Waals surface area contributed by atoms with Crippen LogP contribution in [0.4, 0.5) is 23.1 Å². The minimum Gasteiger partial charge on any atom is -0.486 e. The van der Waals surface area contributed by atoms with Crippen LogP contribution < -0.4 is 15.4 Å². The minimum atomic E-state index is -4.18. The molecule has 1 unspecified atom stereocenters. The number of amides is 2. The Kier molecular flexibility index (Phi) is 5.46. The van der Waals surface area contributed by atoms with Crippen LogP contribution in [0.2, 0.25) is 0 Å². The van der Waals surface area contributed by atoms with E-state index in [-0.39, 0.29) is 5.92 Å². The van der Waals surface area contributed by atoms with Crippen LogP contribution in [0.3, 0.4) is 0 Å². The van der Waals surface area contributed by atoms with Crippen molar-refractivity contribution in [3.05, 3.63) is 6.20 Å². The highest BCUT2D eigenvalue weighted by Crippen LogP contribution is 2.25. The van der Waals surface area contributed by atoms with E-state index in [9.17, 15) is 18.0 Å². The van der Waals surface area contributed by atoms with Crippen LogP contribution in [0.5, 0.6) is 5.06 Å². The number of likely N-dealkylation sites (tertiary alicyclic amines) is 1. The molecule has 10 heteroatoms. The molecule has 1 aromatic heterocycles. The van der Waals surface area contributed by atoms with Gasteiger partial charge in [0.25, 0.3) is 0 Å². The first-order valence-electron chi connectivity index (χ1n) is 6.69. The van der Waals surface area contributed by atoms with Gasteiger partial charge in [-0.1, -0.05) is 11.3 Å². The summed E-state index contributed by atoms with van der Waals surface area (Å²) >= 11 is 1.19. The van der Waals surface area contributed by atoms with Crippen molar-refractivity contribution in [2.24, 2.45) is 5.92 Å². The standard InChI is InChI=1S/C12H17F3N4O2S/c1-21-9-5-17-11(22-9)18-10(20)16-4-8-2-3-19(6-8)7-12(13,14)15/h5,8H,2-4,6-7H2,1H3,(H2,16,17,18,20). The highest BCUT2D eigenvalue weighted by molar-refractivity contribution is 7.17. The smallest absolute Gasteiger partial charge is 0.401 e. The molecule has 1 aromatic rings. The fourth-order valence-electron chi connectivity index (χ4n) is 2.27. The lowest BCUT2D eigenvalue weighted by atomic mass is 10.1. The average molecular weight is 338 g/mol. The first-order valence-corrected chi connectivity index (χ1v) is 7.51. The predicted molar refractivity (Wildman–Crippen MR) is 76.3 cm³/mol. The maximum absolute atomic E-state index is 12.3. The van der Waals surface area contributed by atoms with Crippen molar-refractivity contribution in [1.29, 1.82) is 0 Å². The molecular formula is C12H17F3N4O2S. The molecule has 0 aromatic carbocycles. The van der Waals surface area contributed by atoms with E-state index in [0.29, 0.717) is 36.2 Å². The lowest BCUT2D eigenvalue weighted by Gasteiger charge is -2.18. The van der Waals surface area contributed by atoms with Crippen molar-refractivity contribution in [2.75, 3.05) is 38.6 Å². The van der Waals surface area contributed by atoms with E-state index in [4.69, 9.17) is 4.74 Å². The summed E-state index contributed by atoms with van der Waals surface area (Å²) in [7, 11) is 1.50. The van der Waals surface area contributed by atoms with E-state index in [2.05, 4.69) is 15.6 Å². The molecule has 1 atom stereocenters. The molecule has 124 valence electrons. The van der Waals surface area contributed by atoms with Gasteiger partial charge in [0.05, 0.1) is 19.9 Å². The van der Waals surface area contributed by atoms with Gasteiger partial charge in [0, 0.05) is 13.1 Å². The highest BCUT2D eigenvalue weighted by atomic mass is 32.1. The van der Waals surface area contributed by atoms with Crippen LogP contribution >= 0.6 is 11.3 Å². The molecule has 6 nitrogen and oxygen atoms in total. The molecule has 2 heterocycles. The van der Waals surface area contributed by atoms with Crippen LogP contribution in [-0.4, -0.2) is 55.4 Å². The van der Waals surface area contributed by atoms with Gasteiger partial charge < -0.3 is 10.1 Å². The number of carbonyl (C=O) groups is 1. The summed E-state index contributed by atoms with van der Waals surface area (Å²) in [6.45, 7) is 0.180. The largest absolute Gasteiger partial charge is 0.486 e. The predicted octanol–water partition coefficient (Wildman–Crippen LogP) is 2.16. The van der Waals surface area contributed by atoms with E-state index in [1.807, 2.05) is 0 Å². The van der Waals surface area contributed by atoms with Gasteiger partial charge >= 0.3 is 12.2 Å². The number of nitrogens with zero attached hydrogens (tertiary/aromatic N) is 2. The van der Waals surface area contributed by atoms with Crippen molar-refractivity contribution in [3.8, 4) is 5.06 Å². The third-order valence-electron chi connectivity index (χ3n) is 3.23. The fourth-order valence-corrected chi connectivity index (χ4v) is 2.89. The topological polar surface area (TPSA) is 66.5 Å². The summed E-state index contributed by atoms with van der Waals surface area (Å²) in [5.41, 5.74) is 0. The number of hydrogen-bond acceptors (Lipinski definition) is 5. The minimum absolute atomic E-state index is 0.0268. The van der Waals surface area contributed by atoms with Gasteiger partial charge in [-0.05, 0) is 18.9 Å². The monoisotopic (exact) mass is 338 g/mol. The molecule has 0 aliphatic carbocycles. The molecule has 1 saturated heterocycles. The number of aromatic nitrogens is 1. The second-order valence-corrected chi connectivity index (χ2v) is 6.02. The van der Waals surface area contributed by atoms with E-state index in [1.54, 1.807) is 0 Å². The summed E-state index contributed by atoms with van der Waals surface area (Å²) in [6, 6.07) is -0.425. The Balaban J connectivity index is 1.69. The highest BCUT2D eigenvalue weighted by Gasteiger charge is 2.34. The van der Waals surface area contributed by atoms with Gasteiger partial charge in [-0.3, -0.25) is 10.2 Å². The van der Waals surface area contributed by atoms with Gasteiger partial charge in [0.1, 0.15) is 0 Å². The molecule has 2 N–H and O–H groups in total. The van der Waals surface area contributed by atoms with Crippen molar-refractivity contribution in [2.45, 2.75) is 12.6 Å². The molecule has 2 rings (SSSR count). The number of ether oxygens (including phenoxy) is 1. The Hall–Kier alpha value is -1.55. The van der Waals surface area contributed by atoms with Crippen LogP contribution in [0, 0.1) is 5.92 Å². The summed E-state index contributed by atoms with van der Waals surface area (Å²) in [4.78, 5) is 17.0. The number of urea groups is 1. The summed E-state index contributed by atoms with van der Waals surface area (Å²) in [6.07, 6.45) is -2.04. The molecule has 1 aliphatic heterocycles. The van der Waals surface area contributed by atoms with Gasteiger partial charge in [-0.25, -0.2) is 9.78 Å². The molecule has 1 aliphatic rings.